The summed E-state index contributed by atoms with van der Waals surface area (Å²) >= 11 is 0. The number of nitrogens with zero attached hydrogens (tertiary/aromatic N) is 5. The number of aromatic nitrogens is 3. The summed E-state index contributed by atoms with van der Waals surface area (Å²) in [6.45, 7) is 3.44. The highest BCUT2D eigenvalue weighted by molar-refractivity contribution is 4.98. The van der Waals surface area contributed by atoms with Crippen molar-refractivity contribution in [2.45, 2.75) is 37.9 Å². The fourth-order valence-corrected chi connectivity index (χ4v) is 2.73. The van der Waals surface area contributed by atoms with E-state index in [4.69, 9.17) is 5.73 Å². The molecule has 2 N–H and O–H groups in total. The highest BCUT2D eigenvalue weighted by Gasteiger charge is 2.39. The molecule has 0 aliphatic heterocycles. The average molecular weight is 266 g/mol. The number of hydrogen-bond acceptors (Lipinski definition) is 5. The van der Waals surface area contributed by atoms with Crippen LogP contribution in [0.1, 0.15) is 25.0 Å². The molecule has 0 spiro atoms. The van der Waals surface area contributed by atoms with Crippen molar-refractivity contribution >= 4 is 0 Å². The summed E-state index contributed by atoms with van der Waals surface area (Å²) in [6, 6.07) is 0. The van der Waals surface area contributed by atoms with Crippen LogP contribution in [0.25, 0.3) is 0 Å². The predicted molar refractivity (Wildman–Crippen MR) is 75.7 cm³/mol. The van der Waals surface area contributed by atoms with Crippen molar-refractivity contribution in [2.75, 3.05) is 34.2 Å². The van der Waals surface area contributed by atoms with Crippen LogP contribution in [0.4, 0.5) is 0 Å². The zero-order valence-corrected chi connectivity index (χ0v) is 12.3. The van der Waals surface area contributed by atoms with Crippen LogP contribution in [0.3, 0.4) is 0 Å². The minimum absolute atomic E-state index is 0.388. The average Bonchev–Trinajstić information content (AvgIpc) is 2.78. The molecule has 1 aromatic heterocycles. The van der Waals surface area contributed by atoms with E-state index in [1.54, 1.807) is 0 Å². The summed E-state index contributed by atoms with van der Waals surface area (Å²) in [7, 11) is 6.57. The van der Waals surface area contributed by atoms with E-state index in [2.05, 4.69) is 41.3 Å². The number of likely N-dealkylation sites (N-methyl/N-ethyl adjacent to an activating group) is 2. The van der Waals surface area contributed by atoms with Crippen LogP contribution >= 0.6 is 0 Å². The normalized spacial score (nSPS) is 18.0. The van der Waals surface area contributed by atoms with Gasteiger partial charge in [0, 0.05) is 31.4 Å². The molecule has 0 saturated heterocycles. The SMILES string of the molecule is CN(CCn1cc(CN)nn1)CC1(N(C)C)CCC1. The molecule has 0 unspecified atom stereocenters. The molecule has 1 heterocycles. The van der Waals surface area contributed by atoms with Crippen LogP contribution < -0.4 is 5.73 Å². The second-order valence-corrected chi connectivity index (χ2v) is 5.89. The van der Waals surface area contributed by atoms with Gasteiger partial charge in [-0.15, -0.1) is 5.10 Å². The first-order chi connectivity index (χ1) is 9.05. The second kappa shape index (κ2) is 5.98. The third-order valence-electron chi connectivity index (χ3n) is 4.30. The van der Waals surface area contributed by atoms with E-state index in [1.165, 1.54) is 19.3 Å². The first-order valence-electron chi connectivity index (χ1n) is 7.01. The van der Waals surface area contributed by atoms with Gasteiger partial charge in [-0.1, -0.05) is 5.21 Å². The molecule has 1 aliphatic rings. The Kier molecular flexibility index (Phi) is 4.54. The summed E-state index contributed by atoms with van der Waals surface area (Å²) in [4.78, 5) is 4.78. The third kappa shape index (κ3) is 3.32. The Morgan fingerprint density at radius 3 is 2.58 bits per heavy atom. The highest BCUT2D eigenvalue weighted by Crippen LogP contribution is 2.36. The van der Waals surface area contributed by atoms with Crippen LogP contribution in [0.5, 0.6) is 0 Å². The van der Waals surface area contributed by atoms with Gasteiger partial charge >= 0.3 is 0 Å². The Bertz CT molecular complexity index is 396. The summed E-state index contributed by atoms with van der Waals surface area (Å²) < 4.78 is 1.88. The molecule has 0 radical (unpaired) electrons. The fourth-order valence-electron chi connectivity index (χ4n) is 2.73. The lowest BCUT2D eigenvalue weighted by Crippen LogP contribution is -2.56. The summed E-state index contributed by atoms with van der Waals surface area (Å²) in [6.07, 6.45) is 5.91. The molecule has 2 rings (SSSR count). The maximum absolute atomic E-state index is 5.53. The lowest BCUT2D eigenvalue weighted by atomic mass is 9.75. The zero-order chi connectivity index (χ0) is 13.9. The zero-order valence-electron chi connectivity index (χ0n) is 12.3. The van der Waals surface area contributed by atoms with Gasteiger partial charge in [-0.05, 0) is 40.4 Å². The van der Waals surface area contributed by atoms with Gasteiger partial charge in [0.05, 0.1) is 12.2 Å². The molecular weight excluding hydrogens is 240 g/mol. The molecule has 108 valence electrons. The first kappa shape index (κ1) is 14.4. The van der Waals surface area contributed by atoms with Crippen molar-refractivity contribution in [3.8, 4) is 0 Å². The topological polar surface area (TPSA) is 63.2 Å². The van der Waals surface area contributed by atoms with E-state index in [-0.39, 0.29) is 0 Å². The van der Waals surface area contributed by atoms with E-state index < -0.39 is 0 Å². The van der Waals surface area contributed by atoms with Gasteiger partial charge in [0.1, 0.15) is 0 Å². The first-order valence-corrected chi connectivity index (χ1v) is 7.01. The fraction of sp³-hybridized carbons (Fsp3) is 0.846. The van der Waals surface area contributed by atoms with Gasteiger partial charge in [0.25, 0.3) is 0 Å². The molecule has 1 aromatic rings. The smallest absolute Gasteiger partial charge is 0.0962 e. The van der Waals surface area contributed by atoms with E-state index in [0.29, 0.717) is 12.1 Å². The van der Waals surface area contributed by atoms with Gasteiger partial charge < -0.3 is 15.5 Å². The molecule has 0 amide bonds. The van der Waals surface area contributed by atoms with Crippen LogP contribution in [0.15, 0.2) is 6.20 Å². The summed E-state index contributed by atoms with van der Waals surface area (Å²) in [5.41, 5.74) is 6.77. The van der Waals surface area contributed by atoms with E-state index in [1.807, 2.05) is 10.9 Å². The maximum atomic E-state index is 5.53. The third-order valence-corrected chi connectivity index (χ3v) is 4.30. The predicted octanol–water partition coefficient (Wildman–Crippen LogP) is 0.153. The maximum Gasteiger partial charge on any atom is 0.0962 e. The molecule has 0 aromatic carbocycles. The van der Waals surface area contributed by atoms with Crippen molar-refractivity contribution in [3.05, 3.63) is 11.9 Å². The Hall–Kier alpha value is -0.980. The van der Waals surface area contributed by atoms with Crippen LogP contribution in [-0.4, -0.2) is 64.6 Å². The van der Waals surface area contributed by atoms with Crippen molar-refractivity contribution < 1.29 is 0 Å². The van der Waals surface area contributed by atoms with Gasteiger partial charge in [-0.2, -0.15) is 0 Å². The molecule has 6 nitrogen and oxygen atoms in total. The van der Waals surface area contributed by atoms with Crippen LogP contribution in [0.2, 0.25) is 0 Å². The molecule has 1 fully saturated rings. The molecular formula is C13H26N6. The van der Waals surface area contributed by atoms with Crippen LogP contribution in [-0.2, 0) is 13.1 Å². The largest absolute Gasteiger partial charge is 0.325 e. The van der Waals surface area contributed by atoms with Crippen molar-refractivity contribution in [3.63, 3.8) is 0 Å². The number of nitrogens with two attached hydrogens (primary N) is 1. The van der Waals surface area contributed by atoms with Crippen molar-refractivity contribution in [1.82, 2.24) is 24.8 Å². The van der Waals surface area contributed by atoms with E-state index in [0.717, 1.165) is 25.3 Å². The van der Waals surface area contributed by atoms with Gasteiger partial charge in [0.15, 0.2) is 0 Å². The standard InChI is InChI=1S/C13H26N6/c1-17(2)13(5-4-6-13)11-18(3)7-8-19-10-12(9-14)15-16-19/h10H,4-9,11,14H2,1-3H3. The molecule has 6 heteroatoms. The van der Waals surface area contributed by atoms with Crippen molar-refractivity contribution in [2.24, 2.45) is 5.73 Å². The molecule has 0 atom stereocenters. The number of rotatable bonds is 7. The Morgan fingerprint density at radius 2 is 2.11 bits per heavy atom. The van der Waals surface area contributed by atoms with Crippen molar-refractivity contribution in [1.29, 1.82) is 0 Å². The van der Waals surface area contributed by atoms with Gasteiger partial charge in [0.2, 0.25) is 0 Å². The monoisotopic (exact) mass is 266 g/mol. The summed E-state index contributed by atoms with van der Waals surface area (Å²) in [5.74, 6) is 0. The highest BCUT2D eigenvalue weighted by atomic mass is 15.4. The number of hydrogen-bond donors (Lipinski definition) is 1. The lowest BCUT2D eigenvalue weighted by Gasteiger charge is -2.49. The van der Waals surface area contributed by atoms with Gasteiger partial charge in [-0.25, -0.2) is 0 Å². The lowest BCUT2D eigenvalue weighted by molar-refractivity contribution is 0.0269. The molecule has 0 bridgehead atoms. The summed E-state index contributed by atoms with van der Waals surface area (Å²) in [5, 5.41) is 8.08. The molecule has 1 aliphatic carbocycles. The van der Waals surface area contributed by atoms with E-state index >= 15 is 0 Å². The second-order valence-electron chi connectivity index (χ2n) is 5.89. The van der Waals surface area contributed by atoms with E-state index in [9.17, 15) is 0 Å². The van der Waals surface area contributed by atoms with Gasteiger partial charge in [-0.3, -0.25) is 4.68 Å². The quantitative estimate of drug-likeness (QED) is 0.761. The Labute approximate surface area is 115 Å². The minimum Gasteiger partial charge on any atom is -0.325 e. The minimum atomic E-state index is 0.388. The van der Waals surface area contributed by atoms with Crippen LogP contribution in [0, 0.1) is 0 Å². The Morgan fingerprint density at radius 1 is 1.37 bits per heavy atom. The molecule has 1 saturated carbocycles. The molecule has 19 heavy (non-hydrogen) atoms. The Balaban J connectivity index is 1.79.